The maximum Gasteiger partial charge on any atom is 0.191 e. The molecule has 0 aliphatic carbocycles. The molecule has 1 aromatic carbocycles. The van der Waals surface area contributed by atoms with E-state index in [9.17, 15) is 5.11 Å². The predicted octanol–water partition coefficient (Wildman–Crippen LogP) is 3.96. The Morgan fingerprint density at radius 2 is 1.83 bits per heavy atom. The summed E-state index contributed by atoms with van der Waals surface area (Å²) >= 11 is 0. The van der Waals surface area contributed by atoms with Gasteiger partial charge in [0.25, 0.3) is 0 Å². The van der Waals surface area contributed by atoms with Crippen LogP contribution in [0, 0.1) is 19.3 Å². The van der Waals surface area contributed by atoms with Crippen molar-refractivity contribution in [2.24, 2.45) is 10.4 Å². The molecular formula is C22H36IN5O. The first-order valence-electron chi connectivity index (χ1n) is 10.2. The van der Waals surface area contributed by atoms with Crippen molar-refractivity contribution in [1.82, 2.24) is 20.4 Å². The van der Waals surface area contributed by atoms with Crippen molar-refractivity contribution < 1.29 is 5.11 Å². The molecule has 0 aliphatic rings. The number of guanidine groups is 1. The summed E-state index contributed by atoms with van der Waals surface area (Å²) in [6.07, 6.45) is 1.85. The summed E-state index contributed by atoms with van der Waals surface area (Å²) in [6.45, 7) is 12.6. The summed E-state index contributed by atoms with van der Waals surface area (Å²) in [5.41, 5.74) is 4.17. The molecule has 0 aliphatic heterocycles. The molecule has 2 rings (SSSR count). The molecule has 0 fully saturated rings. The number of para-hydroxylation sites is 1. The Morgan fingerprint density at radius 3 is 2.38 bits per heavy atom. The minimum absolute atomic E-state index is 0. The highest BCUT2D eigenvalue weighted by Gasteiger charge is 2.25. The number of nitrogens with one attached hydrogen (secondary N) is 2. The van der Waals surface area contributed by atoms with Crippen LogP contribution in [0.5, 0.6) is 0 Å². The number of nitrogens with zero attached hydrogens (tertiary/aromatic N) is 3. The minimum atomic E-state index is -0.113. The standard InChI is InChI=1S/C22H35N5O.HI/c1-6-22(7-2,16-28)15-25-21(23-8-3)24-14-19-11-9-10-12-20(19)27-18(5)13-17(4)26-27;/h9-13,28H,6-8,14-16H2,1-5H3,(H2,23,24,25);1H. The topological polar surface area (TPSA) is 74.5 Å². The van der Waals surface area contributed by atoms with Crippen LogP contribution in [0.25, 0.3) is 5.69 Å². The largest absolute Gasteiger partial charge is 0.396 e. The van der Waals surface area contributed by atoms with Gasteiger partial charge in [0.05, 0.1) is 24.5 Å². The van der Waals surface area contributed by atoms with E-state index in [0.717, 1.165) is 48.0 Å². The fourth-order valence-electron chi connectivity index (χ4n) is 3.28. The van der Waals surface area contributed by atoms with Gasteiger partial charge in [-0.1, -0.05) is 32.0 Å². The van der Waals surface area contributed by atoms with Gasteiger partial charge < -0.3 is 15.7 Å². The first kappa shape index (κ1) is 25.4. The van der Waals surface area contributed by atoms with Crippen LogP contribution in [0.2, 0.25) is 0 Å². The maximum absolute atomic E-state index is 9.81. The van der Waals surface area contributed by atoms with Crippen molar-refractivity contribution >= 4 is 29.9 Å². The van der Waals surface area contributed by atoms with Gasteiger partial charge in [0.1, 0.15) is 0 Å². The fourth-order valence-corrected chi connectivity index (χ4v) is 3.28. The van der Waals surface area contributed by atoms with Gasteiger partial charge in [-0.3, -0.25) is 0 Å². The van der Waals surface area contributed by atoms with Gasteiger partial charge in [-0.05, 0) is 51.3 Å². The van der Waals surface area contributed by atoms with E-state index >= 15 is 0 Å². The molecule has 0 spiro atoms. The summed E-state index contributed by atoms with van der Waals surface area (Å²) < 4.78 is 1.98. The maximum atomic E-state index is 9.81. The smallest absolute Gasteiger partial charge is 0.191 e. The molecule has 0 radical (unpaired) electrons. The highest BCUT2D eigenvalue weighted by Crippen LogP contribution is 2.24. The highest BCUT2D eigenvalue weighted by atomic mass is 127. The lowest BCUT2D eigenvalue weighted by molar-refractivity contribution is 0.118. The first-order valence-corrected chi connectivity index (χ1v) is 10.2. The van der Waals surface area contributed by atoms with Gasteiger partial charge in [-0.25, -0.2) is 9.67 Å². The van der Waals surface area contributed by atoms with E-state index < -0.39 is 0 Å². The number of aliphatic imine (C=N–C) groups is 1. The van der Waals surface area contributed by atoms with Gasteiger partial charge in [-0.2, -0.15) is 5.10 Å². The zero-order valence-corrected chi connectivity index (χ0v) is 20.7. The molecule has 162 valence electrons. The van der Waals surface area contributed by atoms with Crippen LogP contribution in [0.15, 0.2) is 35.3 Å². The molecule has 3 N–H and O–H groups in total. The van der Waals surface area contributed by atoms with E-state index in [2.05, 4.69) is 61.6 Å². The second-order valence-electron chi connectivity index (χ2n) is 7.38. The van der Waals surface area contributed by atoms with E-state index in [4.69, 9.17) is 4.99 Å². The monoisotopic (exact) mass is 513 g/mol. The Morgan fingerprint density at radius 1 is 1.14 bits per heavy atom. The SMILES string of the molecule is CCNC(=NCc1ccccc1-n1nc(C)cc1C)NCC(CC)(CC)CO.I. The lowest BCUT2D eigenvalue weighted by Gasteiger charge is -2.30. The van der Waals surface area contributed by atoms with E-state index in [1.54, 1.807) is 0 Å². The number of halogens is 1. The molecule has 6 nitrogen and oxygen atoms in total. The van der Waals surface area contributed by atoms with Gasteiger partial charge in [0.2, 0.25) is 0 Å². The number of aryl methyl sites for hydroxylation is 2. The third-order valence-corrected chi connectivity index (χ3v) is 5.45. The normalized spacial score (nSPS) is 11.9. The van der Waals surface area contributed by atoms with E-state index in [1.807, 2.05) is 23.7 Å². The third-order valence-electron chi connectivity index (χ3n) is 5.45. The van der Waals surface area contributed by atoms with Crippen molar-refractivity contribution in [1.29, 1.82) is 0 Å². The Balaban J connectivity index is 0.00000420. The van der Waals surface area contributed by atoms with Gasteiger partial charge >= 0.3 is 0 Å². The quantitative estimate of drug-likeness (QED) is 0.270. The number of hydrogen-bond acceptors (Lipinski definition) is 3. The minimum Gasteiger partial charge on any atom is -0.396 e. The Kier molecular flexibility index (Phi) is 10.7. The van der Waals surface area contributed by atoms with Crippen LogP contribution in [0.4, 0.5) is 0 Å². The van der Waals surface area contributed by atoms with Gasteiger partial charge in [0.15, 0.2) is 5.96 Å². The Bertz CT molecular complexity index is 775. The molecule has 1 aromatic heterocycles. The zero-order valence-electron chi connectivity index (χ0n) is 18.3. The van der Waals surface area contributed by atoms with Gasteiger partial charge in [0, 0.05) is 24.2 Å². The van der Waals surface area contributed by atoms with Crippen molar-refractivity contribution in [3.8, 4) is 5.69 Å². The van der Waals surface area contributed by atoms with Crippen LogP contribution in [-0.2, 0) is 6.54 Å². The highest BCUT2D eigenvalue weighted by molar-refractivity contribution is 14.0. The van der Waals surface area contributed by atoms with Crippen molar-refractivity contribution in [3.05, 3.63) is 47.3 Å². The van der Waals surface area contributed by atoms with Crippen molar-refractivity contribution in [3.63, 3.8) is 0 Å². The molecule has 7 heteroatoms. The van der Waals surface area contributed by atoms with Crippen LogP contribution < -0.4 is 10.6 Å². The van der Waals surface area contributed by atoms with Crippen LogP contribution >= 0.6 is 24.0 Å². The number of benzene rings is 1. The second kappa shape index (κ2) is 12.2. The number of aliphatic hydroxyl groups is 1. The van der Waals surface area contributed by atoms with Crippen molar-refractivity contribution in [2.75, 3.05) is 19.7 Å². The van der Waals surface area contributed by atoms with E-state index in [-0.39, 0.29) is 36.0 Å². The number of aliphatic hydroxyl groups excluding tert-OH is 1. The zero-order chi connectivity index (χ0) is 20.6. The molecule has 0 amide bonds. The molecule has 29 heavy (non-hydrogen) atoms. The summed E-state index contributed by atoms with van der Waals surface area (Å²) in [4.78, 5) is 4.78. The van der Waals surface area contributed by atoms with Crippen LogP contribution in [-0.4, -0.2) is 40.5 Å². The Labute approximate surface area is 192 Å². The molecule has 0 atom stereocenters. The average Bonchev–Trinajstić information content (AvgIpc) is 3.05. The summed E-state index contributed by atoms with van der Waals surface area (Å²) in [6, 6.07) is 10.3. The average molecular weight is 513 g/mol. The second-order valence-corrected chi connectivity index (χ2v) is 7.38. The molecule has 0 unspecified atom stereocenters. The van der Waals surface area contributed by atoms with E-state index in [0.29, 0.717) is 13.1 Å². The first-order chi connectivity index (χ1) is 13.5. The molecule has 1 heterocycles. The number of aromatic nitrogens is 2. The summed E-state index contributed by atoms with van der Waals surface area (Å²) in [5, 5.41) is 21.1. The molecule has 0 saturated heterocycles. The van der Waals surface area contributed by atoms with E-state index in [1.165, 1.54) is 0 Å². The van der Waals surface area contributed by atoms with Crippen LogP contribution in [0.1, 0.15) is 50.6 Å². The number of rotatable bonds is 9. The van der Waals surface area contributed by atoms with Crippen molar-refractivity contribution in [2.45, 2.75) is 54.0 Å². The summed E-state index contributed by atoms with van der Waals surface area (Å²) in [5.74, 6) is 0.769. The number of hydrogen-bond donors (Lipinski definition) is 3. The lowest BCUT2D eigenvalue weighted by Crippen LogP contribution is -2.44. The molecular weight excluding hydrogens is 477 g/mol. The fraction of sp³-hybridized carbons (Fsp3) is 0.545. The van der Waals surface area contributed by atoms with Crippen LogP contribution in [0.3, 0.4) is 0 Å². The lowest BCUT2D eigenvalue weighted by atomic mass is 9.83. The molecule has 0 saturated carbocycles. The third kappa shape index (κ3) is 6.70. The molecule has 2 aromatic rings. The molecule has 0 bridgehead atoms. The van der Waals surface area contributed by atoms with Gasteiger partial charge in [-0.15, -0.1) is 24.0 Å². The predicted molar refractivity (Wildman–Crippen MR) is 131 cm³/mol. The summed E-state index contributed by atoms with van der Waals surface area (Å²) in [7, 11) is 0. The Hall–Kier alpha value is -1.61.